The van der Waals surface area contributed by atoms with E-state index in [4.69, 9.17) is 9.47 Å². The van der Waals surface area contributed by atoms with Crippen molar-refractivity contribution in [3.05, 3.63) is 100 Å². The molecular weight excluding hydrogens is 598 g/mol. The lowest BCUT2D eigenvalue weighted by Gasteiger charge is -2.41. The normalized spacial score (nSPS) is 18.1. The molecule has 0 bridgehead atoms. The first-order valence-corrected chi connectivity index (χ1v) is 16.2. The monoisotopic (exact) mass is 641 g/mol. The van der Waals surface area contributed by atoms with Gasteiger partial charge in [0.2, 0.25) is 5.91 Å². The number of benzene rings is 3. The van der Waals surface area contributed by atoms with Crippen molar-refractivity contribution in [3.8, 4) is 0 Å². The molecule has 0 spiro atoms. The topological polar surface area (TPSA) is 117 Å². The van der Waals surface area contributed by atoms with Gasteiger partial charge in [0.1, 0.15) is 0 Å². The van der Waals surface area contributed by atoms with Gasteiger partial charge in [-0.05, 0) is 49.2 Å². The van der Waals surface area contributed by atoms with E-state index in [1.807, 2.05) is 63.9 Å². The van der Waals surface area contributed by atoms with Crippen LogP contribution in [0.2, 0.25) is 0 Å². The van der Waals surface area contributed by atoms with Crippen molar-refractivity contribution in [2.45, 2.75) is 45.9 Å². The minimum absolute atomic E-state index is 0.0451. The first-order chi connectivity index (χ1) is 22.6. The number of rotatable bonds is 10. The molecule has 2 amide bonds. The number of nitrogens with zero attached hydrogens (tertiary/aromatic N) is 3. The molecule has 3 aromatic carbocycles. The molecule has 0 aliphatic carbocycles. The SMILES string of the molecule is CCOC(OCC)c1ccc(C2C(c3ccc(C(=O)N4CCN(C(=O)C(C)C)CC4)cc3)C(=O)c3c(C(=O)O)cccc3N2C)cc1. The lowest BCUT2D eigenvalue weighted by molar-refractivity contribution is -0.140. The number of Topliss-reactive ketones (excluding diaryl/α,β-unsaturated/α-hetero) is 1. The summed E-state index contributed by atoms with van der Waals surface area (Å²) in [6.45, 7) is 10.4. The molecule has 1 N–H and O–H groups in total. The molecule has 2 heterocycles. The number of fused-ring (bicyclic) bond motifs is 1. The van der Waals surface area contributed by atoms with E-state index in [1.54, 1.807) is 46.2 Å². The Morgan fingerprint density at radius 1 is 0.830 bits per heavy atom. The van der Waals surface area contributed by atoms with Crippen LogP contribution in [-0.4, -0.2) is 84.9 Å². The minimum Gasteiger partial charge on any atom is -0.478 e. The Balaban J connectivity index is 1.47. The van der Waals surface area contributed by atoms with Crippen LogP contribution in [0.25, 0.3) is 0 Å². The van der Waals surface area contributed by atoms with Gasteiger partial charge in [0, 0.05) is 69.2 Å². The summed E-state index contributed by atoms with van der Waals surface area (Å²) in [6.07, 6.45) is -0.511. The number of likely N-dealkylation sites (N-methyl/N-ethyl adjacent to an activating group) is 1. The molecule has 0 aromatic heterocycles. The fraction of sp³-hybridized carbons (Fsp3) is 0.405. The Bertz CT molecular complexity index is 1610. The number of carboxylic acid groups (broad SMARTS) is 1. The summed E-state index contributed by atoms with van der Waals surface area (Å²) in [5.74, 6) is -2.35. The van der Waals surface area contributed by atoms with Gasteiger partial charge < -0.3 is 29.3 Å². The van der Waals surface area contributed by atoms with Gasteiger partial charge in [-0.1, -0.05) is 56.3 Å². The van der Waals surface area contributed by atoms with Crippen LogP contribution >= 0.6 is 0 Å². The van der Waals surface area contributed by atoms with E-state index >= 15 is 0 Å². The molecule has 1 saturated heterocycles. The van der Waals surface area contributed by atoms with Crippen LogP contribution in [0.3, 0.4) is 0 Å². The Labute approximate surface area is 275 Å². The molecule has 3 aromatic rings. The van der Waals surface area contributed by atoms with E-state index < -0.39 is 24.2 Å². The number of aromatic carboxylic acids is 1. The highest BCUT2D eigenvalue weighted by atomic mass is 16.7. The second-order valence-corrected chi connectivity index (χ2v) is 12.2. The zero-order chi connectivity index (χ0) is 33.8. The van der Waals surface area contributed by atoms with Crippen LogP contribution < -0.4 is 4.90 Å². The van der Waals surface area contributed by atoms with Crippen molar-refractivity contribution in [3.63, 3.8) is 0 Å². The number of piperazine rings is 1. The third kappa shape index (κ3) is 6.80. The van der Waals surface area contributed by atoms with Gasteiger partial charge in [0.05, 0.1) is 23.1 Å². The third-order valence-corrected chi connectivity index (χ3v) is 8.99. The maximum atomic E-state index is 14.4. The number of carbonyl (C=O) groups excluding carboxylic acids is 3. The highest BCUT2D eigenvalue weighted by Crippen LogP contribution is 2.47. The van der Waals surface area contributed by atoms with E-state index in [0.29, 0.717) is 56.2 Å². The van der Waals surface area contributed by atoms with E-state index in [0.717, 1.165) is 11.1 Å². The predicted octanol–water partition coefficient (Wildman–Crippen LogP) is 5.55. The molecule has 2 unspecified atom stereocenters. The standard InChI is InChI=1S/C37H43N3O7/c1-6-46-37(47-7-2)27-17-13-25(14-18-27)32-30(33(41)31-28(36(44)45)9-8-10-29(31)38(32)5)24-11-15-26(16-12-24)35(43)40-21-19-39(20-22-40)34(42)23(3)4/h8-18,23,30,32,37H,6-7,19-22H2,1-5H3,(H,44,45). The lowest BCUT2D eigenvalue weighted by atomic mass is 9.76. The molecule has 1 fully saturated rings. The lowest BCUT2D eigenvalue weighted by Crippen LogP contribution is -2.51. The Hall–Kier alpha value is -4.54. The zero-order valence-corrected chi connectivity index (χ0v) is 27.6. The van der Waals surface area contributed by atoms with E-state index in [9.17, 15) is 24.3 Å². The van der Waals surface area contributed by atoms with E-state index in [2.05, 4.69) is 0 Å². The van der Waals surface area contributed by atoms with E-state index in [1.165, 1.54) is 6.07 Å². The molecule has 2 atom stereocenters. The van der Waals surface area contributed by atoms with E-state index in [-0.39, 0.29) is 34.6 Å². The number of hydrogen-bond donors (Lipinski definition) is 1. The van der Waals surface area contributed by atoms with Crippen molar-refractivity contribution in [1.29, 1.82) is 0 Å². The molecule has 248 valence electrons. The second-order valence-electron chi connectivity index (χ2n) is 12.2. The van der Waals surface area contributed by atoms with Crippen molar-refractivity contribution in [2.75, 3.05) is 51.3 Å². The van der Waals surface area contributed by atoms with Crippen LogP contribution in [0.4, 0.5) is 5.69 Å². The fourth-order valence-electron chi connectivity index (χ4n) is 6.60. The second kappa shape index (κ2) is 14.5. The molecule has 10 heteroatoms. The third-order valence-electron chi connectivity index (χ3n) is 8.99. The quantitative estimate of drug-likeness (QED) is 0.287. The fourth-order valence-corrected chi connectivity index (χ4v) is 6.60. The predicted molar refractivity (Wildman–Crippen MR) is 178 cm³/mol. The first-order valence-electron chi connectivity index (χ1n) is 16.2. The Kier molecular flexibility index (Phi) is 10.4. The molecule has 2 aliphatic heterocycles. The molecular formula is C37H43N3O7. The largest absolute Gasteiger partial charge is 0.478 e. The van der Waals surface area contributed by atoms with Crippen molar-refractivity contribution < 1.29 is 33.8 Å². The Morgan fingerprint density at radius 3 is 1.96 bits per heavy atom. The van der Waals surface area contributed by atoms with Gasteiger partial charge in [0.15, 0.2) is 12.1 Å². The maximum Gasteiger partial charge on any atom is 0.336 e. The molecule has 2 aliphatic rings. The van der Waals surface area contributed by atoms with Gasteiger partial charge in [0.25, 0.3) is 5.91 Å². The number of ether oxygens (including phenoxy) is 2. The van der Waals surface area contributed by atoms with Crippen LogP contribution in [0.15, 0.2) is 66.7 Å². The van der Waals surface area contributed by atoms with Crippen molar-refractivity contribution in [1.82, 2.24) is 9.80 Å². The maximum absolute atomic E-state index is 14.4. The number of ketones is 1. The van der Waals surface area contributed by atoms with Crippen molar-refractivity contribution in [2.24, 2.45) is 5.92 Å². The van der Waals surface area contributed by atoms with Gasteiger partial charge in [-0.3, -0.25) is 14.4 Å². The number of hydrogen-bond acceptors (Lipinski definition) is 7. The van der Waals surface area contributed by atoms with Gasteiger partial charge >= 0.3 is 5.97 Å². The summed E-state index contributed by atoms with van der Waals surface area (Å²) in [5, 5.41) is 9.99. The number of anilines is 1. The molecule has 5 rings (SSSR count). The molecule has 0 radical (unpaired) electrons. The number of carboxylic acids is 1. The van der Waals surface area contributed by atoms with Crippen LogP contribution in [0.1, 0.15) is 93.7 Å². The Morgan fingerprint density at radius 2 is 1.40 bits per heavy atom. The summed E-state index contributed by atoms with van der Waals surface area (Å²) in [6, 6.07) is 19.2. The summed E-state index contributed by atoms with van der Waals surface area (Å²) < 4.78 is 11.5. The average Bonchev–Trinajstić information content (AvgIpc) is 3.09. The number of amides is 2. The molecule has 10 nitrogen and oxygen atoms in total. The zero-order valence-electron chi connectivity index (χ0n) is 27.6. The first kappa shape index (κ1) is 33.8. The summed E-state index contributed by atoms with van der Waals surface area (Å²) >= 11 is 0. The van der Waals surface area contributed by atoms with Crippen molar-refractivity contribution >= 4 is 29.3 Å². The van der Waals surface area contributed by atoms with Gasteiger partial charge in [-0.2, -0.15) is 0 Å². The van der Waals surface area contributed by atoms with Crippen LogP contribution in [-0.2, 0) is 14.3 Å². The number of carbonyl (C=O) groups is 4. The highest BCUT2D eigenvalue weighted by Gasteiger charge is 2.42. The van der Waals surface area contributed by atoms with Gasteiger partial charge in [-0.15, -0.1) is 0 Å². The minimum atomic E-state index is -1.17. The van der Waals surface area contributed by atoms with Crippen LogP contribution in [0.5, 0.6) is 0 Å². The molecule has 47 heavy (non-hydrogen) atoms. The van der Waals surface area contributed by atoms with Gasteiger partial charge in [-0.25, -0.2) is 4.79 Å². The summed E-state index contributed by atoms with van der Waals surface area (Å²) in [5.41, 5.74) is 3.54. The van der Waals surface area contributed by atoms with Crippen LogP contribution in [0, 0.1) is 5.92 Å². The summed E-state index contributed by atoms with van der Waals surface area (Å²) in [4.78, 5) is 57.9. The molecule has 0 saturated carbocycles. The smallest absolute Gasteiger partial charge is 0.336 e. The summed E-state index contributed by atoms with van der Waals surface area (Å²) in [7, 11) is 1.87. The average molecular weight is 642 g/mol. The highest BCUT2D eigenvalue weighted by molar-refractivity contribution is 6.14.